The molecule has 0 unspecified atom stereocenters. The van der Waals surface area contributed by atoms with E-state index in [1.54, 1.807) is 18.5 Å². The summed E-state index contributed by atoms with van der Waals surface area (Å²) in [7, 11) is 0. The molecular weight excluding hydrogens is 394 g/mol. The van der Waals surface area contributed by atoms with Gasteiger partial charge < -0.3 is 23.2 Å². The molecule has 29 heavy (non-hydrogen) atoms. The summed E-state index contributed by atoms with van der Waals surface area (Å²) in [5.41, 5.74) is 0.214. The van der Waals surface area contributed by atoms with Crippen molar-refractivity contribution in [2.24, 2.45) is 0 Å². The number of hydrogen-bond acceptors (Lipinski definition) is 9. The molecule has 0 aromatic carbocycles. The quantitative estimate of drug-likeness (QED) is 0.558. The summed E-state index contributed by atoms with van der Waals surface area (Å²) in [5.74, 6) is 1.52. The molecule has 10 nitrogen and oxygen atoms in total. The summed E-state index contributed by atoms with van der Waals surface area (Å²) in [6, 6.07) is 5.53. The number of carbonyl (C=O) groups is 1. The third kappa shape index (κ3) is 3.97. The fourth-order valence-corrected chi connectivity index (χ4v) is 3.94. The largest absolute Gasteiger partial charge is 0.459 e. The van der Waals surface area contributed by atoms with Gasteiger partial charge in [0.05, 0.1) is 12.0 Å². The van der Waals surface area contributed by atoms with Crippen LogP contribution in [0.1, 0.15) is 12.6 Å². The summed E-state index contributed by atoms with van der Waals surface area (Å²) < 4.78 is 13.0. The maximum Gasteiger partial charge on any atom is 0.266 e. The van der Waals surface area contributed by atoms with E-state index in [9.17, 15) is 10.1 Å². The Morgan fingerprint density at radius 3 is 2.86 bits per heavy atom. The SMILES string of the molecule is CCn1cnnc1SCC(=O)N1CCN(c2oc(-c3ccco3)nc2C#N)CC1. The first-order chi connectivity index (χ1) is 14.2. The van der Waals surface area contributed by atoms with Gasteiger partial charge in [0, 0.05) is 32.7 Å². The molecule has 4 rings (SSSR count). The van der Waals surface area contributed by atoms with Crippen molar-refractivity contribution < 1.29 is 13.6 Å². The van der Waals surface area contributed by atoms with Crippen LogP contribution in [0.2, 0.25) is 0 Å². The van der Waals surface area contributed by atoms with Crippen molar-refractivity contribution in [3.8, 4) is 17.7 Å². The first-order valence-corrected chi connectivity index (χ1v) is 10.2. The minimum atomic E-state index is 0.0506. The number of carbonyl (C=O) groups excluding carboxylic acids is 1. The van der Waals surface area contributed by atoms with Crippen LogP contribution in [0.25, 0.3) is 11.7 Å². The predicted octanol–water partition coefficient (Wildman–Crippen LogP) is 1.86. The highest BCUT2D eigenvalue weighted by molar-refractivity contribution is 7.99. The average molecular weight is 413 g/mol. The van der Waals surface area contributed by atoms with Crippen molar-refractivity contribution in [1.29, 1.82) is 5.26 Å². The topological polar surface area (TPSA) is 117 Å². The number of thioether (sulfide) groups is 1. The Bertz CT molecular complexity index is 1010. The van der Waals surface area contributed by atoms with Crippen molar-refractivity contribution in [1.82, 2.24) is 24.6 Å². The molecule has 0 atom stereocenters. The van der Waals surface area contributed by atoms with Crippen molar-refractivity contribution in [2.45, 2.75) is 18.6 Å². The Kier molecular flexibility index (Phi) is 5.53. The van der Waals surface area contributed by atoms with Crippen molar-refractivity contribution in [3.63, 3.8) is 0 Å². The normalized spacial score (nSPS) is 14.2. The Morgan fingerprint density at radius 2 is 2.17 bits per heavy atom. The molecule has 0 bridgehead atoms. The van der Waals surface area contributed by atoms with E-state index in [1.807, 2.05) is 21.3 Å². The lowest BCUT2D eigenvalue weighted by Gasteiger charge is -2.34. The number of aromatic nitrogens is 4. The molecule has 0 aliphatic carbocycles. The van der Waals surface area contributed by atoms with Crippen LogP contribution < -0.4 is 4.90 Å². The zero-order valence-electron chi connectivity index (χ0n) is 15.8. The third-order valence-corrected chi connectivity index (χ3v) is 5.58. The summed E-state index contributed by atoms with van der Waals surface area (Å²) in [6.07, 6.45) is 3.18. The Balaban J connectivity index is 1.36. The number of furan rings is 1. The van der Waals surface area contributed by atoms with Crippen LogP contribution in [0, 0.1) is 11.3 Å². The van der Waals surface area contributed by atoms with Gasteiger partial charge in [-0.2, -0.15) is 10.2 Å². The van der Waals surface area contributed by atoms with Gasteiger partial charge in [-0.05, 0) is 19.1 Å². The Hall–Kier alpha value is -3.26. The molecule has 1 aliphatic rings. The van der Waals surface area contributed by atoms with Crippen LogP contribution in [-0.2, 0) is 11.3 Å². The second kappa shape index (κ2) is 8.40. The van der Waals surface area contributed by atoms with Crippen LogP contribution in [0.5, 0.6) is 0 Å². The smallest absolute Gasteiger partial charge is 0.266 e. The number of amides is 1. The molecular formula is C18H19N7O3S. The molecule has 0 radical (unpaired) electrons. The van der Waals surface area contributed by atoms with Gasteiger partial charge in [0.2, 0.25) is 17.5 Å². The van der Waals surface area contributed by atoms with E-state index in [2.05, 4.69) is 21.3 Å². The van der Waals surface area contributed by atoms with Gasteiger partial charge in [0.25, 0.3) is 5.89 Å². The van der Waals surface area contributed by atoms with Crippen LogP contribution in [0.3, 0.4) is 0 Å². The third-order valence-electron chi connectivity index (χ3n) is 4.61. The lowest BCUT2D eigenvalue weighted by Crippen LogP contribution is -2.49. The molecule has 11 heteroatoms. The fraction of sp³-hybridized carbons (Fsp3) is 0.389. The first-order valence-electron chi connectivity index (χ1n) is 9.17. The number of nitrogens with zero attached hydrogens (tertiary/aromatic N) is 7. The van der Waals surface area contributed by atoms with E-state index in [1.165, 1.54) is 18.0 Å². The zero-order chi connectivity index (χ0) is 20.2. The van der Waals surface area contributed by atoms with Crippen LogP contribution >= 0.6 is 11.8 Å². The van der Waals surface area contributed by atoms with Crippen LogP contribution in [-0.4, -0.2) is 62.5 Å². The average Bonchev–Trinajstić information content (AvgIpc) is 3.51. The molecule has 0 N–H and O–H groups in total. The highest BCUT2D eigenvalue weighted by Crippen LogP contribution is 2.29. The van der Waals surface area contributed by atoms with Gasteiger partial charge in [0.15, 0.2) is 10.9 Å². The maximum atomic E-state index is 12.5. The number of nitriles is 1. The highest BCUT2D eigenvalue weighted by atomic mass is 32.2. The molecule has 0 spiro atoms. The minimum Gasteiger partial charge on any atom is -0.459 e. The van der Waals surface area contributed by atoms with Crippen molar-refractivity contribution >= 4 is 23.6 Å². The van der Waals surface area contributed by atoms with Gasteiger partial charge in [-0.1, -0.05) is 11.8 Å². The summed E-state index contributed by atoms with van der Waals surface area (Å²) in [4.78, 5) is 20.5. The summed E-state index contributed by atoms with van der Waals surface area (Å²) in [5, 5.41) is 18.0. The van der Waals surface area contributed by atoms with E-state index in [4.69, 9.17) is 8.83 Å². The Morgan fingerprint density at radius 1 is 1.34 bits per heavy atom. The van der Waals surface area contributed by atoms with Crippen molar-refractivity contribution in [2.75, 3.05) is 36.8 Å². The molecule has 1 saturated heterocycles. The maximum absolute atomic E-state index is 12.5. The molecule has 1 amide bonds. The number of rotatable bonds is 6. The van der Waals surface area contributed by atoms with E-state index in [0.717, 1.165) is 11.7 Å². The van der Waals surface area contributed by atoms with E-state index >= 15 is 0 Å². The van der Waals surface area contributed by atoms with Gasteiger partial charge in [-0.15, -0.1) is 10.2 Å². The fourth-order valence-electron chi connectivity index (χ4n) is 3.05. The zero-order valence-corrected chi connectivity index (χ0v) is 16.6. The van der Waals surface area contributed by atoms with Crippen LogP contribution in [0.4, 0.5) is 5.88 Å². The second-order valence-corrected chi connectivity index (χ2v) is 7.26. The summed E-state index contributed by atoms with van der Waals surface area (Å²) >= 11 is 1.39. The number of anilines is 1. The monoisotopic (exact) mass is 413 g/mol. The molecule has 3 aromatic heterocycles. The van der Waals surface area contributed by atoms with E-state index < -0.39 is 0 Å². The van der Waals surface area contributed by atoms with Gasteiger partial charge in [-0.25, -0.2) is 0 Å². The number of oxazole rings is 1. The molecule has 1 fully saturated rings. The van der Waals surface area contributed by atoms with Gasteiger partial charge in [-0.3, -0.25) is 4.79 Å². The summed E-state index contributed by atoms with van der Waals surface area (Å²) in [6.45, 7) is 4.97. The minimum absolute atomic E-state index is 0.0506. The lowest BCUT2D eigenvalue weighted by atomic mass is 10.3. The van der Waals surface area contributed by atoms with Crippen LogP contribution in [0.15, 0.2) is 38.7 Å². The predicted molar refractivity (Wildman–Crippen MR) is 104 cm³/mol. The lowest BCUT2D eigenvalue weighted by molar-refractivity contribution is -0.128. The second-order valence-electron chi connectivity index (χ2n) is 6.32. The van der Waals surface area contributed by atoms with E-state index in [0.29, 0.717) is 43.6 Å². The Labute approximate surface area is 171 Å². The number of piperazine rings is 1. The first kappa shape index (κ1) is 19.1. The molecule has 150 valence electrons. The number of aryl methyl sites for hydroxylation is 1. The molecule has 0 saturated carbocycles. The molecule has 4 heterocycles. The van der Waals surface area contributed by atoms with Crippen molar-refractivity contribution in [3.05, 3.63) is 30.4 Å². The van der Waals surface area contributed by atoms with Gasteiger partial charge in [0.1, 0.15) is 12.4 Å². The molecule has 1 aliphatic heterocycles. The van der Waals surface area contributed by atoms with E-state index in [-0.39, 0.29) is 17.5 Å². The number of hydrogen-bond donors (Lipinski definition) is 0. The van der Waals surface area contributed by atoms with Gasteiger partial charge >= 0.3 is 0 Å². The molecule has 3 aromatic rings. The highest BCUT2D eigenvalue weighted by Gasteiger charge is 2.27. The standard InChI is InChI=1S/C18H19N7O3S/c1-2-23-12-20-22-18(23)29-11-15(26)24-5-7-25(8-6-24)17-13(10-19)21-16(28-17)14-4-3-9-27-14/h3-4,9,12H,2,5-8,11H2,1H3.